The highest BCUT2D eigenvalue weighted by Gasteiger charge is 2.26. The third kappa shape index (κ3) is 2.97. The van der Waals surface area contributed by atoms with Crippen molar-refractivity contribution in [3.63, 3.8) is 0 Å². The molecular formula is C12H14F2N2O2S. The van der Waals surface area contributed by atoms with Crippen LogP contribution >= 0.6 is 11.8 Å². The topological polar surface area (TPSA) is 46.4 Å². The lowest BCUT2D eigenvalue weighted by Crippen LogP contribution is -2.35. The van der Waals surface area contributed by atoms with Crippen LogP contribution in [0, 0.1) is 21.7 Å². The molecule has 2 rings (SSSR count). The Labute approximate surface area is 113 Å². The van der Waals surface area contributed by atoms with E-state index in [1.54, 1.807) is 16.7 Å². The van der Waals surface area contributed by atoms with Gasteiger partial charge in [-0.25, -0.2) is 8.78 Å². The fourth-order valence-corrected chi connectivity index (χ4v) is 3.20. The van der Waals surface area contributed by atoms with Gasteiger partial charge in [-0.2, -0.15) is 11.8 Å². The van der Waals surface area contributed by atoms with Crippen molar-refractivity contribution in [3.8, 4) is 0 Å². The first-order valence-electron chi connectivity index (χ1n) is 5.98. The average Bonchev–Trinajstić information content (AvgIpc) is 2.54. The van der Waals surface area contributed by atoms with Crippen LogP contribution in [0.5, 0.6) is 0 Å². The van der Waals surface area contributed by atoms with E-state index < -0.39 is 22.2 Å². The van der Waals surface area contributed by atoms with Gasteiger partial charge in [0, 0.05) is 18.3 Å². The normalized spacial score (nSPS) is 20.2. The number of nitro benzene ring substituents is 1. The van der Waals surface area contributed by atoms with E-state index >= 15 is 0 Å². The van der Waals surface area contributed by atoms with Crippen LogP contribution in [0.25, 0.3) is 0 Å². The van der Waals surface area contributed by atoms with Crippen molar-refractivity contribution in [1.29, 1.82) is 0 Å². The maximum atomic E-state index is 14.0. The lowest BCUT2D eigenvalue weighted by Gasteiger charge is -2.29. The summed E-state index contributed by atoms with van der Waals surface area (Å²) in [4.78, 5) is 11.4. The molecule has 1 aromatic rings. The Morgan fingerprint density at radius 1 is 1.37 bits per heavy atom. The Hall–Kier alpha value is -1.37. The second-order valence-electron chi connectivity index (χ2n) is 4.46. The third-order valence-electron chi connectivity index (χ3n) is 3.19. The van der Waals surface area contributed by atoms with Crippen molar-refractivity contribution < 1.29 is 13.7 Å². The number of non-ortho nitro benzene ring substituents is 1. The molecule has 104 valence electrons. The third-order valence-corrected chi connectivity index (χ3v) is 4.18. The Balaban J connectivity index is 2.40. The van der Waals surface area contributed by atoms with Crippen LogP contribution < -0.4 is 4.90 Å². The fraction of sp³-hybridized carbons (Fsp3) is 0.500. The fourth-order valence-electron chi connectivity index (χ4n) is 2.16. The van der Waals surface area contributed by atoms with E-state index in [1.807, 2.05) is 6.92 Å². The molecule has 7 heteroatoms. The van der Waals surface area contributed by atoms with Gasteiger partial charge in [0.1, 0.15) is 5.69 Å². The van der Waals surface area contributed by atoms with E-state index in [9.17, 15) is 18.9 Å². The summed E-state index contributed by atoms with van der Waals surface area (Å²) in [6, 6.07) is 1.58. The van der Waals surface area contributed by atoms with Crippen LogP contribution in [0.1, 0.15) is 13.3 Å². The highest BCUT2D eigenvalue weighted by molar-refractivity contribution is 7.99. The number of hydrogen-bond acceptors (Lipinski definition) is 4. The van der Waals surface area contributed by atoms with Gasteiger partial charge >= 0.3 is 0 Å². The SMILES string of the molecule is CC1CCSCCN1c1c(F)cc([N+](=O)[O-])cc1F. The first-order valence-corrected chi connectivity index (χ1v) is 7.14. The van der Waals surface area contributed by atoms with Crippen LogP contribution in [0.2, 0.25) is 0 Å². The van der Waals surface area contributed by atoms with E-state index in [0.717, 1.165) is 30.1 Å². The molecule has 1 unspecified atom stereocenters. The van der Waals surface area contributed by atoms with E-state index in [4.69, 9.17) is 0 Å². The smallest absolute Gasteiger partial charge is 0.275 e. The highest BCUT2D eigenvalue weighted by atomic mass is 32.2. The summed E-state index contributed by atoms with van der Waals surface area (Å²) < 4.78 is 27.9. The lowest BCUT2D eigenvalue weighted by atomic mass is 10.1. The van der Waals surface area contributed by atoms with Crippen LogP contribution in [0.3, 0.4) is 0 Å². The van der Waals surface area contributed by atoms with Gasteiger partial charge < -0.3 is 4.90 Å². The zero-order valence-electron chi connectivity index (χ0n) is 10.4. The molecule has 0 radical (unpaired) electrons. The van der Waals surface area contributed by atoms with E-state index in [-0.39, 0.29) is 11.7 Å². The highest BCUT2D eigenvalue weighted by Crippen LogP contribution is 2.31. The number of hydrogen-bond donors (Lipinski definition) is 0. The summed E-state index contributed by atoms with van der Waals surface area (Å²) in [7, 11) is 0. The molecule has 4 nitrogen and oxygen atoms in total. The molecule has 0 spiro atoms. The van der Waals surface area contributed by atoms with Gasteiger partial charge in [-0.3, -0.25) is 10.1 Å². The minimum Gasteiger partial charge on any atom is -0.363 e. The van der Waals surface area contributed by atoms with Crippen LogP contribution in [0.15, 0.2) is 12.1 Å². The molecule has 0 bridgehead atoms. The van der Waals surface area contributed by atoms with Crippen LogP contribution in [0.4, 0.5) is 20.2 Å². The van der Waals surface area contributed by atoms with Crippen molar-refractivity contribution >= 4 is 23.1 Å². The van der Waals surface area contributed by atoms with E-state index in [1.165, 1.54) is 0 Å². The number of anilines is 1. The molecule has 0 amide bonds. The number of benzene rings is 1. The van der Waals surface area contributed by atoms with Gasteiger partial charge in [0.25, 0.3) is 5.69 Å². The zero-order valence-corrected chi connectivity index (χ0v) is 11.3. The summed E-state index contributed by atoms with van der Waals surface area (Å²) in [5.74, 6) is 0.00423. The molecule has 1 saturated heterocycles. The van der Waals surface area contributed by atoms with Crippen molar-refractivity contribution in [2.75, 3.05) is 23.0 Å². The molecule has 0 saturated carbocycles. The standard InChI is InChI=1S/C12H14F2N2O2S/c1-8-2-4-19-5-3-15(8)12-10(13)6-9(16(17)18)7-11(12)14/h6-8H,2-5H2,1H3. The van der Waals surface area contributed by atoms with Gasteiger partial charge in [0.15, 0.2) is 11.6 Å². The minimum atomic E-state index is -0.870. The molecule has 19 heavy (non-hydrogen) atoms. The van der Waals surface area contributed by atoms with Gasteiger partial charge in [-0.1, -0.05) is 0 Å². The average molecular weight is 288 g/mol. The molecular weight excluding hydrogens is 274 g/mol. The Kier molecular flexibility index (Phi) is 4.24. The predicted molar refractivity (Wildman–Crippen MR) is 71.8 cm³/mol. The quantitative estimate of drug-likeness (QED) is 0.619. The summed E-state index contributed by atoms with van der Waals surface area (Å²) in [5.41, 5.74) is -0.712. The minimum absolute atomic E-state index is 0.0143. The molecule has 0 aromatic heterocycles. The maximum Gasteiger partial charge on any atom is 0.275 e. The monoisotopic (exact) mass is 288 g/mol. The van der Waals surface area contributed by atoms with E-state index in [2.05, 4.69) is 0 Å². The number of nitrogens with zero attached hydrogens (tertiary/aromatic N) is 2. The Bertz CT molecular complexity index is 476. The molecule has 1 aliphatic heterocycles. The molecule has 1 atom stereocenters. The molecule has 1 aromatic carbocycles. The molecule has 1 fully saturated rings. The van der Waals surface area contributed by atoms with Crippen molar-refractivity contribution in [2.45, 2.75) is 19.4 Å². The second-order valence-corrected chi connectivity index (χ2v) is 5.68. The van der Waals surface area contributed by atoms with Gasteiger partial charge in [-0.15, -0.1) is 0 Å². The van der Waals surface area contributed by atoms with Gasteiger partial charge in [0.05, 0.1) is 17.1 Å². The summed E-state index contributed by atoms with van der Waals surface area (Å²) in [5, 5.41) is 10.6. The first kappa shape index (κ1) is 14.0. The van der Waals surface area contributed by atoms with E-state index in [0.29, 0.717) is 6.54 Å². The summed E-state index contributed by atoms with van der Waals surface area (Å²) in [6.45, 7) is 2.45. The lowest BCUT2D eigenvalue weighted by molar-refractivity contribution is -0.385. The largest absolute Gasteiger partial charge is 0.363 e. The number of rotatable bonds is 2. The Morgan fingerprint density at radius 2 is 2.00 bits per heavy atom. The molecule has 0 aliphatic carbocycles. The van der Waals surface area contributed by atoms with Gasteiger partial charge in [0.2, 0.25) is 0 Å². The summed E-state index contributed by atoms with van der Waals surface area (Å²) in [6.07, 6.45) is 0.834. The zero-order chi connectivity index (χ0) is 14.0. The van der Waals surface area contributed by atoms with Crippen molar-refractivity contribution in [3.05, 3.63) is 33.9 Å². The summed E-state index contributed by atoms with van der Waals surface area (Å²) >= 11 is 1.74. The Morgan fingerprint density at radius 3 is 2.58 bits per heavy atom. The van der Waals surface area contributed by atoms with Crippen molar-refractivity contribution in [2.24, 2.45) is 0 Å². The number of halogens is 2. The number of thioether (sulfide) groups is 1. The first-order chi connectivity index (χ1) is 9.00. The van der Waals surface area contributed by atoms with Crippen LogP contribution in [-0.2, 0) is 0 Å². The second kappa shape index (κ2) is 5.73. The molecule has 1 aliphatic rings. The van der Waals surface area contributed by atoms with Crippen LogP contribution in [-0.4, -0.2) is 29.0 Å². The number of nitro groups is 1. The predicted octanol–water partition coefficient (Wildman–Crippen LogP) is 3.20. The maximum absolute atomic E-state index is 14.0. The molecule has 1 heterocycles. The van der Waals surface area contributed by atoms with Crippen molar-refractivity contribution in [1.82, 2.24) is 0 Å². The van der Waals surface area contributed by atoms with Gasteiger partial charge in [-0.05, 0) is 19.1 Å². The molecule has 0 N–H and O–H groups in total.